The lowest BCUT2D eigenvalue weighted by Crippen LogP contribution is -2.26. The van der Waals surface area contributed by atoms with Crippen LogP contribution in [0.4, 0.5) is 11.4 Å². The number of thioether (sulfide) groups is 1. The number of rotatable bonds is 6. The molecule has 0 spiro atoms. The number of benzene rings is 3. The molecular formula is C24H20N4O4S. The minimum absolute atomic E-state index is 0.113. The van der Waals surface area contributed by atoms with E-state index in [1.807, 2.05) is 31.2 Å². The Hall–Kier alpha value is -3.98. The Kier molecular flexibility index (Phi) is 6.23. The lowest BCUT2D eigenvalue weighted by molar-refractivity contribution is -0.384. The second kappa shape index (κ2) is 9.25. The van der Waals surface area contributed by atoms with Gasteiger partial charge in [-0.1, -0.05) is 47.7 Å². The number of amides is 1. The van der Waals surface area contributed by atoms with E-state index >= 15 is 0 Å². The Morgan fingerprint density at radius 1 is 1.09 bits per heavy atom. The van der Waals surface area contributed by atoms with Crippen LogP contribution >= 0.6 is 11.8 Å². The maximum absolute atomic E-state index is 13.3. The van der Waals surface area contributed by atoms with Crippen LogP contribution in [0.5, 0.6) is 0 Å². The summed E-state index contributed by atoms with van der Waals surface area (Å²) in [6, 6.07) is 20.3. The van der Waals surface area contributed by atoms with E-state index in [9.17, 15) is 19.7 Å². The molecule has 0 bridgehead atoms. The third kappa shape index (κ3) is 4.78. The number of hydrogen-bond acceptors (Lipinski definition) is 6. The predicted molar refractivity (Wildman–Crippen MR) is 129 cm³/mol. The number of aryl methyl sites for hydroxylation is 1. The summed E-state index contributed by atoms with van der Waals surface area (Å²) >= 11 is 1.14. The third-order valence-corrected chi connectivity index (χ3v) is 6.07. The first kappa shape index (κ1) is 22.2. The number of nitrogens with one attached hydrogen (secondary N) is 1. The SMILES string of the molecule is Cc1ccc(-n2c(SC(C)C(=O)Nc3cccc([N+](=O)[O-])c3)nc3ccccc3c2=O)cc1. The Labute approximate surface area is 193 Å². The molecule has 0 saturated heterocycles. The molecule has 33 heavy (non-hydrogen) atoms. The number of nitro groups is 1. The van der Waals surface area contributed by atoms with Gasteiger partial charge in [0.25, 0.3) is 11.2 Å². The van der Waals surface area contributed by atoms with Crippen molar-refractivity contribution in [3.05, 3.63) is 98.8 Å². The number of fused-ring (bicyclic) bond motifs is 1. The van der Waals surface area contributed by atoms with Gasteiger partial charge in [-0.05, 0) is 44.2 Å². The number of aromatic nitrogens is 2. The second-order valence-corrected chi connectivity index (χ2v) is 8.75. The molecule has 0 radical (unpaired) electrons. The molecule has 4 aromatic rings. The van der Waals surface area contributed by atoms with Crippen molar-refractivity contribution in [2.45, 2.75) is 24.3 Å². The summed E-state index contributed by atoms with van der Waals surface area (Å²) in [6.45, 7) is 3.65. The molecule has 1 aromatic heterocycles. The number of hydrogen-bond donors (Lipinski definition) is 1. The quantitative estimate of drug-likeness (QED) is 0.193. The minimum Gasteiger partial charge on any atom is -0.325 e. The number of para-hydroxylation sites is 1. The van der Waals surface area contributed by atoms with Crippen molar-refractivity contribution in [1.29, 1.82) is 0 Å². The number of anilines is 1. The first-order chi connectivity index (χ1) is 15.8. The Morgan fingerprint density at radius 3 is 2.55 bits per heavy atom. The largest absolute Gasteiger partial charge is 0.325 e. The first-order valence-electron chi connectivity index (χ1n) is 10.1. The third-order valence-electron chi connectivity index (χ3n) is 5.01. The molecule has 3 aromatic carbocycles. The first-order valence-corrected chi connectivity index (χ1v) is 11.0. The summed E-state index contributed by atoms with van der Waals surface area (Å²) < 4.78 is 1.50. The van der Waals surface area contributed by atoms with Gasteiger partial charge in [-0.3, -0.25) is 24.3 Å². The Bertz CT molecular complexity index is 1420. The molecule has 9 heteroatoms. The zero-order chi connectivity index (χ0) is 23.5. The monoisotopic (exact) mass is 460 g/mol. The van der Waals surface area contributed by atoms with Crippen LogP contribution < -0.4 is 10.9 Å². The highest BCUT2D eigenvalue weighted by Crippen LogP contribution is 2.26. The van der Waals surface area contributed by atoms with E-state index in [1.54, 1.807) is 37.3 Å². The van der Waals surface area contributed by atoms with Crippen molar-refractivity contribution >= 4 is 39.9 Å². The van der Waals surface area contributed by atoms with Gasteiger partial charge in [0.1, 0.15) is 0 Å². The van der Waals surface area contributed by atoms with Gasteiger partial charge >= 0.3 is 0 Å². The van der Waals surface area contributed by atoms with Crippen molar-refractivity contribution in [2.75, 3.05) is 5.32 Å². The molecule has 0 saturated carbocycles. The van der Waals surface area contributed by atoms with E-state index in [1.165, 1.54) is 22.8 Å². The fourth-order valence-corrected chi connectivity index (χ4v) is 4.19. The highest BCUT2D eigenvalue weighted by Gasteiger charge is 2.21. The molecule has 1 N–H and O–H groups in total. The van der Waals surface area contributed by atoms with Gasteiger partial charge in [-0.15, -0.1) is 0 Å². The normalized spacial score (nSPS) is 11.8. The van der Waals surface area contributed by atoms with Gasteiger partial charge in [0, 0.05) is 17.8 Å². The number of nitrogens with zero attached hydrogens (tertiary/aromatic N) is 3. The lowest BCUT2D eigenvalue weighted by atomic mass is 10.2. The van der Waals surface area contributed by atoms with Gasteiger partial charge < -0.3 is 5.32 Å². The number of carbonyl (C=O) groups is 1. The van der Waals surface area contributed by atoms with E-state index in [-0.39, 0.29) is 17.2 Å². The zero-order valence-electron chi connectivity index (χ0n) is 17.9. The second-order valence-electron chi connectivity index (χ2n) is 7.44. The summed E-state index contributed by atoms with van der Waals surface area (Å²) in [5, 5.41) is 13.9. The number of nitro benzene ring substituents is 1. The van der Waals surface area contributed by atoms with Crippen LogP contribution in [0.15, 0.2) is 82.7 Å². The predicted octanol–water partition coefficient (Wildman–Crippen LogP) is 4.72. The van der Waals surface area contributed by atoms with Crippen LogP contribution in [0.2, 0.25) is 0 Å². The van der Waals surface area contributed by atoms with Gasteiger partial charge in [0.2, 0.25) is 5.91 Å². The van der Waals surface area contributed by atoms with Crippen LogP contribution in [-0.4, -0.2) is 25.6 Å². The minimum atomic E-state index is -0.631. The standard InChI is InChI=1S/C24H20N4O4S/c1-15-10-12-18(13-11-15)27-23(30)20-8-3-4-9-21(20)26-24(27)33-16(2)22(29)25-17-6-5-7-19(14-17)28(31)32/h3-14,16H,1-2H3,(H,25,29). The molecule has 1 atom stereocenters. The van der Waals surface area contributed by atoms with Crippen LogP contribution in [0.25, 0.3) is 16.6 Å². The Balaban J connectivity index is 1.68. The van der Waals surface area contributed by atoms with E-state index in [0.29, 0.717) is 27.4 Å². The molecule has 4 rings (SSSR count). The molecule has 1 amide bonds. The maximum Gasteiger partial charge on any atom is 0.271 e. The van der Waals surface area contributed by atoms with Crippen molar-refractivity contribution in [1.82, 2.24) is 9.55 Å². The molecule has 166 valence electrons. The van der Waals surface area contributed by atoms with E-state index in [2.05, 4.69) is 10.3 Å². The summed E-state index contributed by atoms with van der Waals surface area (Å²) in [7, 11) is 0. The molecule has 1 heterocycles. The summed E-state index contributed by atoms with van der Waals surface area (Å²) in [6.07, 6.45) is 0. The smallest absolute Gasteiger partial charge is 0.271 e. The van der Waals surface area contributed by atoms with Crippen LogP contribution in [0.1, 0.15) is 12.5 Å². The van der Waals surface area contributed by atoms with Gasteiger partial charge in [-0.25, -0.2) is 4.98 Å². The van der Waals surface area contributed by atoms with Crippen molar-refractivity contribution in [3.8, 4) is 5.69 Å². The number of non-ortho nitro benzene ring substituents is 1. The maximum atomic E-state index is 13.3. The average molecular weight is 461 g/mol. The summed E-state index contributed by atoms with van der Waals surface area (Å²) in [4.78, 5) is 41.3. The zero-order valence-corrected chi connectivity index (χ0v) is 18.7. The van der Waals surface area contributed by atoms with Crippen LogP contribution in [0, 0.1) is 17.0 Å². The fourth-order valence-electron chi connectivity index (χ4n) is 3.27. The molecule has 0 fully saturated rings. The number of carbonyl (C=O) groups excluding carboxylic acids is 1. The molecular weight excluding hydrogens is 440 g/mol. The van der Waals surface area contributed by atoms with E-state index < -0.39 is 10.2 Å². The molecule has 0 aliphatic heterocycles. The lowest BCUT2D eigenvalue weighted by Gasteiger charge is -2.16. The molecule has 1 unspecified atom stereocenters. The Morgan fingerprint density at radius 2 is 1.82 bits per heavy atom. The highest BCUT2D eigenvalue weighted by atomic mass is 32.2. The van der Waals surface area contributed by atoms with Crippen molar-refractivity contribution in [3.63, 3.8) is 0 Å². The van der Waals surface area contributed by atoms with Crippen LogP contribution in [0.3, 0.4) is 0 Å². The summed E-state index contributed by atoms with van der Waals surface area (Å²) in [5.74, 6) is -0.363. The molecule has 0 aliphatic rings. The van der Waals surface area contributed by atoms with Gasteiger partial charge in [0.15, 0.2) is 5.16 Å². The average Bonchev–Trinajstić information content (AvgIpc) is 2.80. The van der Waals surface area contributed by atoms with Gasteiger partial charge in [-0.2, -0.15) is 0 Å². The summed E-state index contributed by atoms with van der Waals surface area (Å²) in [5.41, 5.74) is 2.23. The molecule has 0 aliphatic carbocycles. The van der Waals surface area contributed by atoms with Crippen molar-refractivity contribution < 1.29 is 9.72 Å². The van der Waals surface area contributed by atoms with E-state index in [4.69, 9.17) is 0 Å². The fraction of sp³-hybridized carbons (Fsp3) is 0.125. The van der Waals surface area contributed by atoms with Gasteiger partial charge in [0.05, 0.1) is 26.8 Å². The van der Waals surface area contributed by atoms with E-state index in [0.717, 1.165) is 17.3 Å². The van der Waals surface area contributed by atoms with Crippen LogP contribution in [-0.2, 0) is 4.79 Å². The topological polar surface area (TPSA) is 107 Å². The van der Waals surface area contributed by atoms with Crippen molar-refractivity contribution in [2.24, 2.45) is 0 Å². The molecule has 8 nitrogen and oxygen atoms in total. The highest BCUT2D eigenvalue weighted by molar-refractivity contribution is 8.00.